The molecule has 6 nitrogen and oxygen atoms in total. The second-order valence-corrected chi connectivity index (χ2v) is 4.54. The minimum absolute atomic E-state index is 0.0129. The molecular formula is C8H13N3O3S. The van der Waals surface area contributed by atoms with Crippen molar-refractivity contribution in [3.8, 4) is 0 Å². The van der Waals surface area contributed by atoms with Crippen LogP contribution >= 0.6 is 0 Å². The summed E-state index contributed by atoms with van der Waals surface area (Å²) in [7, 11) is -2.09. The van der Waals surface area contributed by atoms with Crippen molar-refractivity contribution < 1.29 is 13.2 Å². The van der Waals surface area contributed by atoms with E-state index >= 15 is 0 Å². The Morgan fingerprint density at radius 1 is 1.60 bits per heavy atom. The molecule has 3 N–H and O–H groups in total. The summed E-state index contributed by atoms with van der Waals surface area (Å²) >= 11 is 0. The maximum Gasteiger partial charge on any atom is 0.244 e. The number of nitrogen functional groups attached to an aromatic ring is 1. The number of hydrogen-bond donors (Lipinski definition) is 2. The van der Waals surface area contributed by atoms with E-state index in [9.17, 15) is 8.42 Å². The van der Waals surface area contributed by atoms with Gasteiger partial charge in [0.15, 0.2) is 0 Å². The third kappa shape index (κ3) is 3.15. The molecule has 0 unspecified atom stereocenters. The molecule has 1 rings (SSSR count). The van der Waals surface area contributed by atoms with Gasteiger partial charge in [0.2, 0.25) is 10.0 Å². The molecule has 7 heteroatoms. The molecule has 0 atom stereocenters. The lowest BCUT2D eigenvalue weighted by Gasteiger charge is -2.07. The molecule has 0 aliphatic rings. The standard InChI is InChI=1S/C8H13N3O3S/c1-14-5-4-11-15(12,13)8-6-10-3-2-7(8)9/h2-3,6,11H,4-5H2,1H3,(H2,9,10). The molecule has 1 aromatic heterocycles. The lowest BCUT2D eigenvalue weighted by Crippen LogP contribution is -2.27. The molecule has 0 fully saturated rings. The van der Waals surface area contributed by atoms with Crippen LogP contribution in [0.4, 0.5) is 5.69 Å². The van der Waals surface area contributed by atoms with E-state index in [0.717, 1.165) is 0 Å². The van der Waals surface area contributed by atoms with Crippen molar-refractivity contribution in [1.82, 2.24) is 9.71 Å². The van der Waals surface area contributed by atoms with Crippen molar-refractivity contribution in [2.24, 2.45) is 0 Å². The average molecular weight is 231 g/mol. The van der Waals surface area contributed by atoms with Crippen molar-refractivity contribution in [1.29, 1.82) is 0 Å². The van der Waals surface area contributed by atoms with E-state index in [4.69, 9.17) is 10.5 Å². The number of methoxy groups -OCH3 is 1. The number of nitrogens with zero attached hydrogens (tertiary/aromatic N) is 1. The maximum absolute atomic E-state index is 11.6. The van der Waals surface area contributed by atoms with Gasteiger partial charge in [0.05, 0.1) is 12.3 Å². The minimum atomic E-state index is -3.58. The quantitative estimate of drug-likeness (QED) is 0.672. The van der Waals surface area contributed by atoms with Crippen LogP contribution in [0.2, 0.25) is 0 Å². The van der Waals surface area contributed by atoms with Gasteiger partial charge in [-0.05, 0) is 6.07 Å². The predicted octanol–water partition coefficient (Wildman–Crippen LogP) is -0.412. The highest BCUT2D eigenvalue weighted by atomic mass is 32.2. The highest BCUT2D eigenvalue weighted by Crippen LogP contribution is 2.14. The van der Waals surface area contributed by atoms with E-state index in [1.165, 1.54) is 25.6 Å². The molecule has 0 radical (unpaired) electrons. The van der Waals surface area contributed by atoms with E-state index < -0.39 is 10.0 Å². The molecule has 0 aromatic carbocycles. The smallest absolute Gasteiger partial charge is 0.244 e. The zero-order valence-electron chi connectivity index (χ0n) is 8.30. The van der Waals surface area contributed by atoms with Gasteiger partial charge in [-0.15, -0.1) is 0 Å². The van der Waals surface area contributed by atoms with Crippen molar-refractivity contribution >= 4 is 15.7 Å². The topological polar surface area (TPSA) is 94.3 Å². The van der Waals surface area contributed by atoms with E-state index in [1.54, 1.807) is 0 Å². The van der Waals surface area contributed by atoms with Crippen molar-refractivity contribution in [2.45, 2.75) is 4.90 Å². The fourth-order valence-corrected chi connectivity index (χ4v) is 2.06. The van der Waals surface area contributed by atoms with Gasteiger partial charge in [-0.3, -0.25) is 4.98 Å². The molecular weight excluding hydrogens is 218 g/mol. The monoisotopic (exact) mass is 231 g/mol. The summed E-state index contributed by atoms with van der Waals surface area (Å²) < 4.78 is 30.4. The van der Waals surface area contributed by atoms with E-state index in [0.29, 0.717) is 6.61 Å². The largest absolute Gasteiger partial charge is 0.398 e. The van der Waals surface area contributed by atoms with Crippen molar-refractivity contribution in [3.05, 3.63) is 18.5 Å². The fraction of sp³-hybridized carbons (Fsp3) is 0.375. The number of pyridine rings is 1. The summed E-state index contributed by atoms with van der Waals surface area (Å²) in [6.45, 7) is 0.507. The Balaban J connectivity index is 2.83. The van der Waals surface area contributed by atoms with Gasteiger partial charge in [0.1, 0.15) is 4.90 Å². The highest BCUT2D eigenvalue weighted by Gasteiger charge is 2.16. The average Bonchev–Trinajstić information content (AvgIpc) is 2.18. The second kappa shape index (κ2) is 5.06. The zero-order chi connectivity index (χ0) is 11.3. The first-order valence-electron chi connectivity index (χ1n) is 4.26. The number of anilines is 1. The lowest BCUT2D eigenvalue weighted by molar-refractivity contribution is 0.204. The van der Waals surface area contributed by atoms with Gasteiger partial charge < -0.3 is 10.5 Å². The van der Waals surface area contributed by atoms with Gasteiger partial charge in [-0.25, -0.2) is 13.1 Å². The molecule has 1 heterocycles. The van der Waals surface area contributed by atoms with Gasteiger partial charge >= 0.3 is 0 Å². The van der Waals surface area contributed by atoms with Crippen LogP contribution in [-0.2, 0) is 14.8 Å². The predicted molar refractivity (Wildman–Crippen MR) is 55.7 cm³/mol. The Morgan fingerprint density at radius 3 is 2.93 bits per heavy atom. The van der Waals surface area contributed by atoms with Crippen LogP contribution in [0.25, 0.3) is 0 Å². The summed E-state index contributed by atoms with van der Waals surface area (Å²) in [5, 5.41) is 0. The van der Waals surface area contributed by atoms with Crippen LogP contribution < -0.4 is 10.5 Å². The van der Waals surface area contributed by atoms with Crippen LogP contribution in [0.5, 0.6) is 0 Å². The lowest BCUT2D eigenvalue weighted by atomic mass is 10.4. The summed E-state index contributed by atoms with van der Waals surface area (Å²) in [6, 6.07) is 1.44. The maximum atomic E-state index is 11.6. The fourth-order valence-electron chi connectivity index (χ4n) is 0.971. The van der Waals surface area contributed by atoms with Gasteiger partial charge in [0, 0.05) is 26.0 Å². The Hall–Kier alpha value is -1.18. The number of hydrogen-bond acceptors (Lipinski definition) is 5. The molecule has 0 spiro atoms. The second-order valence-electron chi connectivity index (χ2n) is 2.80. The minimum Gasteiger partial charge on any atom is -0.398 e. The number of nitrogens with one attached hydrogen (secondary N) is 1. The highest BCUT2D eigenvalue weighted by molar-refractivity contribution is 7.89. The number of rotatable bonds is 5. The number of nitrogens with two attached hydrogens (primary N) is 1. The third-order valence-corrected chi connectivity index (χ3v) is 3.21. The molecule has 0 aliphatic carbocycles. The van der Waals surface area contributed by atoms with Crippen LogP contribution in [0.3, 0.4) is 0 Å². The number of ether oxygens (including phenoxy) is 1. The van der Waals surface area contributed by atoms with Gasteiger partial charge in [0.25, 0.3) is 0 Å². The Bertz CT molecular complexity index is 419. The van der Waals surface area contributed by atoms with Gasteiger partial charge in [-0.1, -0.05) is 0 Å². The first-order chi connectivity index (χ1) is 7.08. The van der Waals surface area contributed by atoms with E-state index in [2.05, 4.69) is 9.71 Å². The molecule has 0 bridgehead atoms. The Kier molecular flexibility index (Phi) is 4.01. The normalized spacial score (nSPS) is 11.5. The van der Waals surface area contributed by atoms with Crippen LogP contribution in [-0.4, -0.2) is 33.7 Å². The Morgan fingerprint density at radius 2 is 2.33 bits per heavy atom. The van der Waals surface area contributed by atoms with E-state index in [-0.39, 0.29) is 17.1 Å². The molecule has 1 aromatic rings. The first-order valence-corrected chi connectivity index (χ1v) is 5.74. The molecule has 15 heavy (non-hydrogen) atoms. The summed E-state index contributed by atoms with van der Waals surface area (Å²) in [6.07, 6.45) is 2.65. The third-order valence-electron chi connectivity index (χ3n) is 1.70. The molecule has 0 saturated carbocycles. The zero-order valence-corrected chi connectivity index (χ0v) is 9.12. The van der Waals surface area contributed by atoms with Crippen molar-refractivity contribution in [3.63, 3.8) is 0 Å². The van der Waals surface area contributed by atoms with Crippen molar-refractivity contribution in [2.75, 3.05) is 26.0 Å². The first kappa shape index (κ1) is 11.9. The van der Waals surface area contributed by atoms with E-state index in [1.807, 2.05) is 0 Å². The number of sulfonamides is 1. The van der Waals surface area contributed by atoms with Gasteiger partial charge in [-0.2, -0.15) is 0 Å². The molecule has 0 amide bonds. The Labute approximate surface area is 88.5 Å². The van der Waals surface area contributed by atoms with Crippen LogP contribution in [0.1, 0.15) is 0 Å². The summed E-state index contributed by atoms with van der Waals surface area (Å²) in [4.78, 5) is 3.70. The number of aromatic nitrogens is 1. The van der Waals surface area contributed by atoms with Crippen LogP contribution in [0, 0.1) is 0 Å². The molecule has 0 saturated heterocycles. The van der Waals surface area contributed by atoms with Crippen LogP contribution in [0.15, 0.2) is 23.4 Å². The summed E-state index contributed by atoms with van der Waals surface area (Å²) in [5.74, 6) is 0. The molecule has 84 valence electrons. The SMILES string of the molecule is COCCNS(=O)(=O)c1cnccc1N. The molecule has 0 aliphatic heterocycles. The summed E-state index contributed by atoms with van der Waals surface area (Å²) in [5.41, 5.74) is 5.70.